The molecule has 0 saturated carbocycles. The third-order valence-electron chi connectivity index (χ3n) is 5.46. The van der Waals surface area contributed by atoms with Gasteiger partial charge in [-0.1, -0.05) is 55.8 Å². The Balaban J connectivity index is 1.84. The van der Waals surface area contributed by atoms with Crippen LogP contribution < -0.4 is 4.72 Å². The number of hydrogen-bond acceptors (Lipinski definition) is 5. The normalized spacial score (nSPS) is 18.1. The topological polar surface area (TPSA) is 101 Å². The summed E-state index contributed by atoms with van der Waals surface area (Å²) < 4.78 is 51.5. The van der Waals surface area contributed by atoms with Gasteiger partial charge in [-0.05, 0) is 42.5 Å². The fraction of sp³-hybridized carbons (Fsp3) is 0.409. The Bertz CT molecular complexity index is 1140. The minimum absolute atomic E-state index is 0.0154. The number of nitrogens with one attached hydrogen (secondary N) is 1. The number of carbonyl (C=O) groups is 1. The second-order valence-corrected chi connectivity index (χ2v) is 12.2. The van der Waals surface area contributed by atoms with E-state index in [9.17, 15) is 21.6 Å². The molecule has 1 N–H and O–H groups in total. The molecule has 168 valence electrons. The van der Waals surface area contributed by atoms with Gasteiger partial charge in [0.05, 0.1) is 16.4 Å². The molecule has 1 unspecified atom stereocenters. The number of hydrogen-bond donors (Lipinski definition) is 1. The van der Waals surface area contributed by atoms with E-state index in [-0.39, 0.29) is 29.4 Å². The summed E-state index contributed by atoms with van der Waals surface area (Å²) in [6.45, 7) is 6.11. The summed E-state index contributed by atoms with van der Waals surface area (Å²) in [6.07, 6.45) is 0.282. The van der Waals surface area contributed by atoms with Crippen molar-refractivity contribution < 1.29 is 21.6 Å². The first-order valence-corrected chi connectivity index (χ1v) is 13.5. The van der Waals surface area contributed by atoms with Crippen molar-refractivity contribution in [3.05, 3.63) is 65.2 Å². The van der Waals surface area contributed by atoms with Crippen LogP contribution in [0.3, 0.4) is 0 Å². The molecule has 1 aliphatic rings. The monoisotopic (exact) mass is 464 g/mol. The fourth-order valence-electron chi connectivity index (χ4n) is 3.54. The fourth-order valence-corrected chi connectivity index (χ4v) is 6.23. The highest BCUT2D eigenvalue weighted by Crippen LogP contribution is 2.22. The van der Waals surface area contributed by atoms with Gasteiger partial charge in [0, 0.05) is 12.6 Å². The summed E-state index contributed by atoms with van der Waals surface area (Å²) >= 11 is 0. The third-order valence-corrected chi connectivity index (χ3v) is 8.55. The molecule has 1 saturated heterocycles. The summed E-state index contributed by atoms with van der Waals surface area (Å²) in [5.41, 5.74) is 2.84. The van der Waals surface area contributed by atoms with Gasteiger partial charge < -0.3 is 4.90 Å². The first kappa shape index (κ1) is 23.3. The molecule has 0 spiro atoms. The molecule has 1 fully saturated rings. The van der Waals surface area contributed by atoms with Crippen LogP contribution in [0.5, 0.6) is 0 Å². The van der Waals surface area contributed by atoms with Crippen molar-refractivity contribution in [3.8, 4) is 0 Å². The first-order chi connectivity index (χ1) is 14.5. The quantitative estimate of drug-likeness (QED) is 0.708. The Hall–Kier alpha value is -2.39. The molecule has 1 atom stereocenters. The van der Waals surface area contributed by atoms with Crippen molar-refractivity contribution >= 4 is 25.9 Å². The van der Waals surface area contributed by atoms with Crippen LogP contribution in [0, 0.1) is 6.92 Å². The Morgan fingerprint density at radius 2 is 1.71 bits per heavy atom. The van der Waals surface area contributed by atoms with Crippen LogP contribution in [0.25, 0.3) is 0 Å². The number of sulfone groups is 1. The van der Waals surface area contributed by atoms with E-state index in [1.165, 1.54) is 17.0 Å². The molecule has 1 aliphatic heterocycles. The van der Waals surface area contributed by atoms with Gasteiger partial charge in [-0.2, -0.15) is 0 Å². The largest absolute Gasteiger partial charge is 0.331 e. The highest BCUT2D eigenvalue weighted by Gasteiger charge is 2.36. The molecule has 0 bridgehead atoms. The van der Waals surface area contributed by atoms with Gasteiger partial charge in [-0.3, -0.25) is 0 Å². The van der Waals surface area contributed by atoms with Crippen molar-refractivity contribution in [1.29, 1.82) is 0 Å². The Morgan fingerprint density at radius 3 is 2.23 bits per heavy atom. The highest BCUT2D eigenvalue weighted by atomic mass is 32.2. The number of aryl methyl sites for hydroxylation is 1. The summed E-state index contributed by atoms with van der Waals surface area (Å²) in [7, 11) is -7.34. The van der Waals surface area contributed by atoms with Crippen molar-refractivity contribution in [1.82, 2.24) is 9.62 Å². The Kier molecular flexibility index (Phi) is 6.76. The van der Waals surface area contributed by atoms with Gasteiger partial charge >= 0.3 is 6.03 Å². The van der Waals surface area contributed by atoms with Gasteiger partial charge in [-0.25, -0.2) is 26.4 Å². The number of amides is 2. The number of urea groups is 1. The van der Waals surface area contributed by atoms with Crippen LogP contribution in [0.4, 0.5) is 4.79 Å². The molecule has 31 heavy (non-hydrogen) atoms. The molecule has 0 aromatic heterocycles. The maximum Gasteiger partial charge on any atom is 0.331 e. The lowest BCUT2D eigenvalue weighted by atomic mass is 10.0. The zero-order chi connectivity index (χ0) is 22.8. The van der Waals surface area contributed by atoms with Gasteiger partial charge in [0.2, 0.25) is 0 Å². The predicted molar refractivity (Wildman–Crippen MR) is 120 cm³/mol. The van der Waals surface area contributed by atoms with E-state index in [4.69, 9.17) is 0 Å². The average Bonchev–Trinajstić information content (AvgIpc) is 3.05. The van der Waals surface area contributed by atoms with Crippen LogP contribution >= 0.6 is 0 Å². The van der Waals surface area contributed by atoms with Gasteiger partial charge in [0.15, 0.2) is 9.84 Å². The van der Waals surface area contributed by atoms with Gasteiger partial charge in [0.1, 0.15) is 0 Å². The Morgan fingerprint density at radius 1 is 1.10 bits per heavy atom. The van der Waals surface area contributed by atoms with E-state index < -0.39 is 31.9 Å². The van der Waals surface area contributed by atoms with Gasteiger partial charge in [0.25, 0.3) is 10.0 Å². The summed E-state index contributed by atoms with van der Waals surface area (Å²) in [4.78, 5) is 14.3. The molecule has 2 amide bonds. The SMILES string of the molecule is Cc1ccc(S(=O)(=O)NC(=O)N(Cc2ccc(C(C)C)cc2)C2CCS(=O)(=O)C2)cc1. The zero-order valence-corrected chi connectivity index (χ0v) is 19.5. The van der Waals surface area contributed by atoms with Crippen molar-refractivity contribution in [3.63, 3.8) is 0 Å². The number of rotatable bonds is 6. The van der Waals surface area contributed by atoms with Crippen molar-refractivity contribution in [2.75, 3.05) is 11.5 Å². The maximum absolute atomic E-state index is 13.0. The van der Waals surface area contributed by atoms with E-state index in [0.29, 0.717) is 5.92 Å². The van der Waals surface area contributed by atoms with Crippen LogP contribution in [-0.4, -0.2) is 45.3 Å². The average molecular weight is 465 g/mol. The second kappa shape index (κ2) is 9.00. The lowest BCUT2D eigenvalue weighted by Gasteiger charge is -2.28. The molecular formula is C22H28N2O5S2. The molecule has 2 aromatic carbocycles. The molecule has 1 heterocycles. The molecule has 2 aromatic rings. The second-order valence-electron chi connectivity index (χ2n) is 8.30. The first-order valence-electron chi connectivity index (χ1n) is 10.2. The molecule has 0 aliphatic carbocycles. The summed E-state index contributed by atoms with van der Waals surface area (Å²) in [5.74, 6) is 0.168. The molecule has 3 rings (SSSR count). The number of carbonyl (C=O) groups excluding carboxylic acids is 1. The van der Waals surface area contributed by atoms with Crippen LogP contribution in [0.1, 0.15) is 42.9 Å². The minimum Gasteiger partial charge on any atom is -0.316 e. The van der Waals surface area contributed by atoms with Crippen molar-refractivity contribution in [2.45, 2.75) is 50.6 Å². The summed E-state index contributed by atoms with van der Waals surface area (Å²) in [6, 6.07) is 12.4. The highest BCUT2D eigenvalue weighted by molar-refractivity contribution is 7.91. The van der Waals surface area contributed by atoms with Gasteiger partial charge in [-0.15, -0.1) is 0 Å². The van der Waals surface area contributed by atoms with Crippen LogP contribution in [0.15, 0.2) is 53.4 Å². The number of nitrogens with zero attached hydrogens (tertiary/aromatic N) is 1. The summed E-state index contributed by atoms with van der Waals surface area (Å²) in [5, 5.41) is 0. The van der Waals surface area contributed by atoms with E-state index in [2.05, 4.69) is 18.6 Å². The lowest BCUT2D eigenvalue weighted by molar-refractivity contribution is 0.182. The number of sulfonamides is 1. The zero-order valence-electron chi connectivity index (χ0n) is 17.9. The Labute approximate surface area is 184 Å². The number of benzene rings is 2. The van der Waals surface area contributed by atoms with E-state index in [1.54, 1.807) is 12.1 Å². The standard InChI is InChI=1S/C22H28N2O5S2/c1-16(2)19-8-6-18(7-9-19)14-24(20-12-13-30(26,27)15-20)22(25)23-31(28,29)21-10-4-17(3)5-11-21/h4-11,16,20H,12-15H2,1-3H3,(H,23,25). The van der Waals surface area contributed by atoms with Crippen LogP contribution in [0.2, 0.25) is 0 Å². The lowest BCUT2D eigenvalue weighted by Crippen LogP contribution is -2.48. The maximum atomic E-state index is 13.0. The minimum atomic E-state index is -4.08. The molecular weight excluding hydrogens is 436 g/mol. The predicted octanol–water partition coefficient (Wildman–Crippen LogP) is 3.21. The smallest absolute Gasteiger partial charge is 0.316 e. The molecule has 7 nitrogen and oxygen atoms in total. The third kappa shape index (κ3) is 5.86. The van der Waals surface area contributed by atoms with Crippen molar-refractivity contribution in [2.24, 2.45) is 0 Å². The van der Waals surface area contributed by atoms with E-state index in [1.807, 2.05) is 31.2 Å². The van der Waals surface area contributed by atoms with Crippen LogP contribution in [-0.2, 0) is 26.4 Å². The molecule has 0 radical (unpaired) electrons. The van der Waals surface area contributed by atoms with E-state index >= 15 is 0 Å². The van der Waals surface area contributed by atoms with E-state index in [0.717, 1.165) is 16.7 Å². The molecule has 9 heteroatoms.